The number of amides is 1. The topological polar surface area (TPSA) is 121 Å². The van der Waals surface area contributed by atoms with Crippen LogP contribution in [0.2, 0.25) is 0 Å². The first kappa shape index (κ1) is 20.1. The third-order valence-corrected chi connectivity index (χ3v) is 3.99. The lowest BCUT2D eigenvalue weighted by Gasteiger charge is -2.15. The first-order valence-corrected chi connectivity index (χ1v) is 9.02. The number of hydrogen-bond donors (Lipinski definition) is 1. The molecule has 0 saturated heterocycles. The van der Waals surface area contributed by atoms with Crippen LogP contribution in [0.25, 0.3) is 11.5 Å². The second-order valence-corrected chi connectivity index (χ2v) is 6.57. The summed E-state index contributed by atoms with van der Waals surface area (Å²) in [5.74, 6) is -1.51. The van der Waals surface area contributed by atoms with E-state index in [2.05, 4.69) is 15.5 Å². The van der Waals surface area contributed by atoms with Crippen LogP contribution < -0.4 is 11.1 Å². The smallest absolute Gasteiger partial charge is 0.437 e. The van der Waals surface area contributed by atoms with E-state index < -0.39 is 30.3 Å². The predicted octanol–water partition coefficient (Wildman–Crippen LogP) is 1.85. The van der Waals surface area contributed by atoms with E-state index >= 15 is 0 Å². The number of carbonyl (C=O) groups excluding carboxylic acids is 2. The number of carbonyl (C=O) groups is 2. The lowest BCUT2D eigenvalue weighted by atomic mass is 10.2. The zero-order valence-corrected chi connectivity index (χ0v) is 16.2. The number of benzene rings is 1. The molecule has 1 atom stereocenters. The molecule has 2 aromatic heterocycles. The standard InChI is InChI=1S/C19H21N5O5/c1-12(2)24-15(9-10-20-24)21-17(26)13(3)28-16(25)11-23-19(27)29-18(22-23)14-7-5-4-6-8-14/h4-10,12-13H,11H2,1-3H3,(H,21,26)/t13-/m0/s1. The van der Waals surface area contributed by atoms with Gasteiger partial charge in [-0.1, -0.05) is 18.2 Å². The van der Waals surface area contributed by atoms with Crippen LogP contribution >= 0.6 is 0 Å². The van der Waals surface area contributed by atoms with Crippen LogP contribution in [-0.2, 0) is 20.9 Å². The Labute approximate surface area is 166 Å². The van der Waals surface area contributed by atoms with Crippen LogP contribution in [0.1, 0.15) is 26.8 Å². The SMILES string of the molecule is CC(C)n1nccc1NC(=O)[C@H](C)OC(=O)Cn1nc(-c2ccccc2)oc1=O. The zero-order chi connectivity index (χ0) is 21.0. The van der Waals surface area contributed by atoms with Gasteiger partial charge in [-0.25, -0.2) is 9.48 Å². The normalized spacial score (nSPS) is 12.0. The molecule has 0 aliphatic heterocycles. The lowest BCUT2D eigenvalue weighted by Crippen LogP contribution is -2.33. The van der Waals surface area contributed by atoms with Gasteiger partial charge in [-0.3, -0.25) is 9.59 Å². The van der Waals surface area contributed by atoms with Gasteiger partial charge in [0.2, 0.25) is 5.89 Å². The van der Waals surface area contributed by atoms with Crippen molar-refractivity contribution in [3.8, 4) is 11.5 Å². The Hall–Kier alpha value is -3.69. The Morgan fingerprint density at radius 3 is 2.59 bits per heavy atom. The number of anilines is 1. The van der Waals surface area contributed by atoms with Gasteiger partial charge in [0.1, 0.15) is 12.4 Å². The van der Waals surface area contributed by atoms with E-state index in [9.17, 15) is 14.4 Å². The average molecular weight is 399 g/mol. The molecule has 2 heterocycles. The molecule has 0 aliphatic carbocycles. The minimum atomic E-state index is -1.07. The summed E-state index contributed by atoms with van der Waals surface area (Å²) in [5, 5.41) is 10.8. The molecular weight excluding hydrogens is 378 g/mol. The van der Waals surface area contributed by atoms with Gasteiger partial charge in [0.15, 0.2) is 6.10 Å². The summed E-state index contributed by atoms with van der Waals surface area (Å²) in [5.41, 5.74) is 0.603. The molecule has 0 spiro atoms. The second-order valence-electron chi connectivity index (χ2n) is 6.57. The maximum atomic E-state index is 12.3. The van der Waals surface area contributed by atoms with Crippen LogP contribution in [0.5, 0.6) is 0 Å². The van der Waals surface area contributed by atoms with E-state index in [4.69, 9.17) is 9.15 Å². The largest absolute Gasteiger partial charge is 0.451 e. The summed E-state index contributed by atoms with van der Waals surface area (Å²) in [6.45, 7) is 4.80. The molecule has 0 aliphatic rings. The molecule has 0 saturated carbocycles. The summed E-state index contributed by atoms with van der Waals surface area (Å²) in [6, 6.07) is 10.5. The van der Waals surface area contributed by atoms with Crippen molar-refractivity contribution in [2.24, 2.45) is 0 Å². The molecule has 10 nitrogen and oxygen atoms in total. The Kier molecular flexibility index (Phi) is 5.91. The summed E-state index contributed by atoms with van der Waals surface area (Å²) in [6.07, 6.45) is 0.488. The maximum Gasteiger partial charge on any atom is 0.437 e. The number of ether oxygens (including phenoxy) is 1. The quantitative estimate of drug-likeness (QED) is 0.602. The molecule has 29 heavy (non-hydrogen) atoms. The summed E-state index contributed by atoms with van der Waals surface area (Å²) < 4.78 is 12.7. The van der Waals surface area contributed by atoms with Crippen LogP contribution in [0.3, 0.4) is 0 Å². The van der Waals surface area contributed by atoms with Crippen molar-refractivity contribution >= 4 is 17.7 Å². The predicted molar refractivity (Wildman–Crippen MR) is 103 cm³/mol. The van der Waals surface area contributed by atoms with Crippen LogP contribution in [-0.4, -0.2) is 37.5 Å². The fourth-order valence-corrected chi connectivity index (χ4v) is 2.57. The zero-order valence-electron chi connectivity index (χ0n) is 16.2. The average Bonchev–Trinajstić information content (AvgIpc) is 3.29. The highest BCUT2D eigenvalue weighted by Gasteiger charge is 2.21. The van der Waals surface area contributed by atoms with Crippen LogP contribution in [0.15, 0.2) is 51.8 Å². The highest BCUT2D eigenvalue weighted by molar-refractivity contribution is 5.94. The molecule has 1 N–H and O–H groups in total. The number of hydrogen-bond acceptors (Lipinski definition) is 7. The van der Waals surface area contributed by atoms with Crippen molar-refractivity contribution in [1.29, 1.82) is 0 Å². The molecule has 1 amide bonds. The van der Waals surface area contributed by atoms with Crippen LogP contribution in [0, 0.1) is 0 Å². The van der Waals surface area contributed by atoms with Gasteiger partial charge in [0.25, 0.3) is 5.91 Å². The van der Waals surface area contributed by atoms with E-state index in [1.165, 1.54) is 6.92 Å². The van der Waals surface area contributed by atoms with Gasteiger partial charge in [-0.2, -0.15) is 9.78 Å². The number of rotatable bonds is 7. The highest BCUT2D eigenvalue weighted by atomic mass is 16.5. The minimum Gasteiger partial charge on any atom is -0.451 e. The fourth-order valence-electron chi connectivity index (χ4n) is 2.57. The van der Waals surface area contributed by atoms with Crippen molar-refractivity contribution in [3.63, 3.8) is 0 Å². The Morgan fingerprint density at radius 1 is 1.17 bits per heavy atom. The van der Waals surface area contributed by atoms with E-state index in [1.807, 2.05) is 19.9 Å². The first-order valence-electron chi connectivity index (χ1n) is 9.02. The molecule has 152 valence electrons. The van der Waals surface area contributed by atoms with Crippen molar-refractivity contribution in [2.75, 3.05) is 5.32 Å². The van der Waals surface area contributed by atoms with Crippen molar-refractivity contribution < 1.29 is 18.7 Å². The molecular formula is C19H21N5O5. The fraction of sp³-hybridized carbons (Fsp3) is 0.316. The maximum absolute atomic E-state index is 12.3. The minimum absolute atomic E-state index is 0.0519. The summed E-state index contributed by atoms with van der Waals surface area (Å²) in [4.78, 5) is 36.4. The molecule has 3 aromatic rings. The van der Waals surface area contributed by atoms with Crippen molar-refractivity contribution in [3.05, 3.63) is 53.1 Å². The van der Waals surface area contributed by atoms with E-state index in [-0.39, 0.29) is 11.9 Å². The van der Waals surface area contributed by atoms with Crippen LogP contribution in [0.4, 0.5) is 5.82 Å². The summed E-state index contributed by atoms with van der Waals surface area (Å²) >= 11 is 0. The number of nitrogens with zero attached hydrogens (tertiary/aromatic N) is 4. The van der Waals surface area contributed by atoms with E-state index in [1.54, 1.807) is 41.2 Å². The Balaban J connectivity index is 1.60. The molecule has 0 unspecified atom stereocenters. The third kappa shape index (κ3) is 4.78. The number of nitrogens with one attached hydrogen (secondary N) is 1. The van der Waals surface area contributed by atoms with E-state index in [0.717, 1.165) is 4.68 Å². The van der Waals surface area contributed by atoms with Gasteiger partial charge in [0.05, 0.1) is 6.20 Å². The molecule has 10 heteroatoms. The van der Waals surface area contributed by atoms with Gasteiger partial charge in [0, 0.05) is 17.7 Å². The number of esters is 1. The Bertz CT molecular complexity index is 1050. The Morgan fingerprint density at radius 2 is 1.90 bits per heavy atom. The molecule has 0 fully saturated rings. The van der Waals surface area contributed by atoms with Crippen molar-refractivity contribution in [1.82, 2.24) is 19.6 Å². The van der Waals surface area contributed by atoms with Gasteiger partial charge in [-0.05, 0) is 32.9 Å². The van der Waals surface area contributed by atoms with E-state index in [0.29, 0.717) is 11.4 Å². The van der Waals surface area contributed by atoms with Crippen molar-refractivity contribution in [2.45, 2.75) is 39.5 Å². The van der Waals surface area contributed by atoms with Gasteiger partial charge in [-0.15, -0.1) is 5.10 Å². The summed E-state index contributed by atoms with van der Waals surface area (Å²) in [7, 11) is 0. The number of aromatic nitrogens is 4. The lowest BCUT2D eigenvalue weighted by molar-refractivity contribution is -0.154. The van der Waals surface area contributed by atoms with Gasteiger partial charge < -0.3 is 14.5 Å². The first-order chi connectivity index (χ1) is 13.8. The molecule has 0 bridgehead atoms. The molecule has 0 radical (unpaired) electrons. The second kappa shape index (κ2) is 8.55. The third-order valence-electron chi connectivity index (χ3n) is 3.99. The molecule has 3 rings (SSSR count). The van der Waals surface area contributed by atoms with Gasteiger partial charge >= 0.3 is 11.7 Å². The highest BCUT2D eigenvalue weighted by Crippen LogP contribution is 2.15. The monoisotopic (exact) mass is 399 g/mol. The molecule has 1 aromatic carbocycles.